The molecule has 0 aliphatic rings. The Morgan fingerprint density at radius 1 is 1.10 bits per heavy atom. The van der Waals surface area contributed by atoms with Gasteiger partial charge in [0.1, 0.15) is 5.82 Å². The van der Waals surface area contributed by atoms with E-state index < -0.39 is 17.7 Å². The molecule has 1 unspecified atom stereocenters. The Bertz CT molecular complexity index is 575. The van der Waals surface area contributed by atoms with Crippen molar-refractivity contribution in [1.82, 2.24) is 0 Å². The van der Waals surface area contributed by atoms with Gasteiger partial charge in [-0.25, -0.2) is 4.39 Å². The summed E-state index contributed by atoms with van der Waals surface area (Å²) in [6.45, 7) is 1.54. The normalized spacial score (nSPS) is 10.4. The summed E-state index contributed by atoms with van der Waals surface area (Å²) < 4.78 is 14.0. The van der Waals surface area contributed by atoms with Crippen molar-refractivity contribution in [1.29, 1.82) is 0 Å². The van der Waals surface area contributed by atoms with Gasteiger partial charge >= 0.3 is 5.97 Å². The van der Waals surface area contributed by atoms with Gasteiger partial charge < -0.3 is 16.1 Å². The molecule has 0 heterocycles. The minimum atomic E-state index is -0.957. The van der Waals surface area contributed by atoms with Crippen LogP contribution in [0, 0.1) is 5.82 Å². The number of rotatable bonds is 3. The number of benzene rings is 2. The molecule has 0 saturated carbocycles. The van der Waals surface area contributed by atoms with Gasteiger partial charge in [0.05, 0.1) is 5.92 Å². The molecule has 4 nitrogen and oxygen atoms in total. The molecule has 0 saturated heterocycles. The summed E-state index contributed by atoms with van der Waals surface area (Å²) in [5.41, 5.74) is 1.74. The second-order valence-corrected chi connectivity index (χ2v) is 4.17. The molecule has 6 heteroatoms. The van der Waals surface area contributed by atoms with Crippen LogP contribution in [0.3, 0.4) is 0 Å². The smallest absolute Gasteiger partial charge is 0.310 e. The molecule has 2 rings (SSSR count). The number of aliphatic carboxylic acids is 1. The first-order valence-electron chi connectivity index (χ1n) is 5.67. The summed E-state index contributed by atoms with van der Waals surface area (Å²) in [5, 5.41) is 8.89. The molecule has 0 spiro atoms. The van der Waals surface area contributed by atoms with Gasteiger partial charge in [-0.3, -0.25) is 4.79 Å². The van der Waals surface area contributed by atoms with Gasteiger partial charge in [-0.2, -0.15) is 0 Å². The molecule has 0 aliphatic heterocycles. The molecule has 0 amide bonds. The Labute approximate surface area is 144 Å². The van der Waals surface area contributed by atoms with Crippen LogP contribution in [0.25, 0.3) is 11.1 Å². The van der Waals surface area contributed by atoms with Gasteiger partial charge in [-0.05, 0) is 24.1 Å². The first kappa shape index (κ1) is 22.0. The van der Waals surface area contributed by atoms with Crippen molar-refractivity contribution in [3.63, 3.8) is 0 Å². The SMILES string of the molecule is CC(C(=O)O)c1ccc(-c2ccccc2)c(F)c1.O.O.[Na]. The van der Waals surface area contributed by atoms with Crippen molar-refractivity contribution in [3.05, 3.63) is 59.9 Å². The van der Waals surface area contributed by atoms with Crippen LogP contribution >= 0.6 is 0 Å². The van der Waals surface area contributed by atoms with E-state index in [9.17, 15) is 9.18 Å². The van der Waals surface area contributed by atoms with Gasteiger partial charge in [0.25, 0.3) is 0 Å². The topological polar surface area (TPSA) is 100 Å². The average molecular weight is 303 g/mol. The fraction of sp³-hybridized carbons (Fsp3) is 0.133. The second-order valence-electron chi connectivity index (χ2n) is 4.17. The molecule has 0 aromatic heterocycles. The minimum Gasteiger partial charge on any atom is -0.481 e. The van der Waals surface area contributed by atoms with Gasteiger partial charge in [0.15, 0.2) is 0 Å². The van der Waals surface area contributed by atoms with Crippen LogP contribution in [-0.4, -0.2) is 51.6 Å². The molecule has 2 aromatic carbocycles. The predicted octanol–water partition coefficient (Wildman–Crippen LogP) is 1.65. The minimum absolute atomic E-state index is 0. The van der Waals surface area contributed by atoms with Crippen LogP contribution < -0.4 is 0 Å². The second kappa shape index (κ2) is 9.65. The molecular weight excluding hydrogens is 286 g/mol. The van der Waals surface area contributed by atoms with Crippen LogP contribution in [0.1, 0.15) is 18.4 Å². The van der Waals surface area contributed by atoms with Crippen molar-refractivity contribution in [3.8, 4) is 11.1 Å². The number of hydrogen-bond acceptors (Lipinski definition) is 1. The summed E-state index contributed by atoms with van der Waals surface area (Å²) in [5.74, 6) is -2.06. The first-order valence-corrected chi connectivity index (χ1v) is 5.67. The molecule has 109 valence electrons. The summed E-state index contributed by atoms with van der Waals surface area (Å²) in [7, 11) is 0. The fourth-order valence-corrected chi connectivity index (χ4v) is 1.80. The molecule has 21 heavy (non-hydrogen) atoms. The maximum Gasteiger partial charge on any atom is 0.310 e. The van der Waals surface area contributed by atoms with Gasteiger partial charge in [0.2, 0.25) is 0 Å². The Morgan fingerprint density at radius 3 is 2.14 bits per heavy atom. The zero-order chi connectivity index (χ0) is 13.1. The zero-order valence-corrected chi connectivity index (χ0v) is 13.9. The standard InChI is InChI=1S/C15H13FO2.Na.2H2O/c1-10(15(17)18)12-7-8-13(14(16)9-12)11-5-3-2-4-6-11;;;/h2-10H,1H3,(H,17,18);;2*1H2. The summed E-state index contributed by atoms with van der Waals surface area (Å²) in [4.78, 5) is 10.8. The van der Waals surface area contributed by atoms with Crippen molar-refractivity contribution in [2.24, 2.45) is 0 Å². The summed E-state index contributed by atoms with van der Waals surface area (Å²) >= 11 is 0. The Hall–Kier alpha value is -1.24. The first-order chi connectivity index (χ1) is 8.59. The number of carboxylic acids is 1. The van der Waals surface area contributed by atoms with Crippen LogP contribution in [0.4, 0.5) is 4.39 Å². The van der Waals surface area contributed by atoms with E-state index >= 15 is 0 Å². The Morgan fingerprint density at radius 2 is 1.67 bits per heavy atom. The fourth-order valence-electron chi connectivity index (χ4n) is 1.80. The zero-order valence-electron chi connectivity index (χ0n) is 11.9. The molecule has 5 N–H and O–H groups in total. The van der Waals surface area contributed by atoms with Crippen LogP contribution in [0.2, 0.25) is 0 Å². The van der Waals surface area contributed by atoms with Crippen molar-refractivity contribution in [2.75, 3.05) is 0 Å². The van der Waals surface area contributed by atoms with Gasteiger partial charge in [-0.1, -0.05) is 42.5 Å². The third kappa shape index (κ3) is 5.22. The van der Waals surface area contributed by atoms with E-state index in [0.29, 0.717) is 11.1 Å². The molecule has 0 bridgehead atoms. The third-order valence-corrected chi connectivity index (χ3v) is 2.95. The number of carbonyl (C=O) groups is 1. The van der Waals surface area contributed by atoms with Crippen LogP contribution in [0.15, 0.2) is 48.5 Å². The third-order valence-electron chi connectivity index (χ3n) is 2.95. The van der Waals surface area contributed by atoms with E-state index in [1.807, 2.05) is 30.3 Å². The van der Waals surface area contributed by atoms with E-state index in [0.717, 1.165) is 5.56 Å². The number of carboxylic acid groups (broad SMARTS) is 1. The average Bonchev–Trinajstić information content (AvgIpc) is 2.38. The van der Waals surface area contributed by atoms with Crippen molar-refractivity contribution >= 4 is 35.5 Å². The van der Waals surface area contributed by atoms with Gasteiger partial charge in [-0.15, -0.1) is 0 Å². The molecular formula is C15H17FNaO4. The van der Waals surface area contributed by atoms with Crippen LogP contribution in [-0.2, 0) is 4.79 Å². The maximum absolute atomic E-state index is 14.0. The molecule has 0 fully saturated rings. The molecule has 0 aliphatic carbocycles. The molecule has 1 radical (unpaired) electrons. The Kier molecular flexibility index (Phi) is 10.1. The van der Waals surface area contributed by atoms with Crippen molar-refractivity contribution in [2.45, 2.75) is 12.8 Å². The largest absolute Gasteiger partial charge is 0.481 e. The van der Waals surface area contributed by atoms with E-state index in [4.69, 9.17) is 5.11 Å². The Balaban J connectivity index is 0. The quantitative estimate of drug-likeness (QED) is 0.872. The van der Waals surface area contributed by atoms with Gasteiger partial charge in [0, 0.05) is 35.1 Å². The van der Waals surface area contributed by atoms with E-state index in [2.05, 4.69) is 0 Å². The van der Waals surface area contributed by atoms with E-state index in [-0.39, 0.29) is 40.5 Å². The number of hydrogen-bond donors (Lipinski definition) is 1. The van der Waals surface area contributed by atoms with Crippen LogP contribution in [0.5, 0.6) is 0 Å². The maximum atomic E-state index is 14.0. The summed E-state index contributed by atoms with van der Waals surface area (Å²) in [6, 6.07) is 13.7. The van der Waals surface area contributed by atoms with E-state index in [1.54, 1.807) is 19.1 Å². The monoisotopic (exact) mass is 303 g/mol. The van der Waals surface area contributed by atoms with E-state index in [1.165, 1.54) is 6.07 Å². The summed E-state index contributed by atoms with van der Waals surface area (Å²) in [6.07, 6.45) is 0. The predicted molar refractivity (Wildman–Crippen MR) is 80.9 cm³/mol. The van der Waals surface area contributed by atoms with Crippen molar-refractivity contribution < 1.29 is 25.2 Å². The molecule has 2 aromatic rings. The number of halogens is 1. The molecule has 1 atom stereocenters.